The zero-order chi connectivity index (χ0) is 26.0. The second kappa shape index (κ2) is 9.79. The fourth-order valence-electron chi connectivity index (χ4n) is 4.14. The zero-order valence-electron chi connectivity index (χ0n) is 20.0. The molecule has 0 saturated carbocycles. The van der Waals surface area contributed by atoms with E-state index >= 15 is 0 Å². The lowest BCUT2D eigenvalue weighted by Crippen LogP contribution is -2.35. The minimum absolute atomic E-state index is 0.0321. The van der Waals surface area contributed by atoms with Gasteiger partial charge in [0.15, 0.2) is 0 Å². The number of amides is 3. The van der Waals surface area contributed by atoms with Crippen LogP contribution in [-0.2, 0) is 29.1 Å². The van der Waals surface area contributed by atoms with E-state index in [4.69, 9.17) is 4.74 Å². The fraction of sp³-hybridized carbons (Fsp3) is 0.148. The van der Waals surface area contributed by atoms with Gasteiger partial charge in [0, 0.05) is 25.0 Å². The molecule has 0 spiro atoms. The van der Waals surface area contributed by atoms with Crippen LogP contribution in [0.25, 0.3) is 11.3 Å². The smallest absolute Gasteiger partial charge is 0.270 e. The summed E-state index contributed by atoms with van der Waals surface area (Å²) in [5, 5.41) is 0. The molecule has 0 radical (unpaired) electrons. The molecule has 1 aliphatic rings. The molecule has 36 heavy (non-hydrogen) atoms. The summed E-state index contributed by atoms with van der Waals surface area (Å²) < 4.78 is 33.3. The normalized spacial score (nSPS) is 14.3. The molecule has 3 aromatic carbocycles. The lowest BCUT2D eigenvalue weighted by molar-refractivity contribution is -0.122. The van der Waals surface area contributed by atoms with Gasteiger partial charge in [-0.3, -0.25) is 14.4 Å². The molecule has 4 rings (SSSR count). The van der Waals surface area contributed by atoms with Gasteiger partial charge in [0.25, 0.3) is 15.9 Å². The van der Waals surface area contributed by atoms with E-state index in [0.717, 1.165) is 11.8 Å². The van der Waals surface area contributed by atoms with Crippen LogP contribution in [0.3, 0.4) is 0 Å². The molecule has 0 aromatic heterocycles. The standard InChI is InChI=1S/C27H24N2O6S/c1-4-35-26(20-11-7-5-8-12-20)25-23-17-21(15-16-24(23)28(18(2)30)27(25)32)29(19(3)31)36(33,34)22-13-9-6-10-14-22/h5-17H,4H2,1-3H3. The number of fused-ring (bicyclic) bond motifs is 1. The third kappa shape index (κ3) is 4.29. The van der Waals surface area contributed by atoms with Crippen LogP contribution in [0.1, 0.15) is 31.9 Å². The molecule has 0 bridgehead atoms. The van der Waals surface area contributed by atoms with Gasteiger partial charge in [-0.25, -0.2) is 17.6 Å². The first-order chi connectivity index (χ1) is 17.2. The summed E-state index contributed by atoms with van der Waals surface area (Å²) in [5.41, 5.74) is 1.32. The number of carbonyl (C=O) groups excluding carboxylic acids is 3. The van der Waals surface area contributed by atoms with Crippen LogP contribution in [0.5, 0.6) is 0 Å². The minimum atomic E-state index is -4.24. The quantitative estimate of drug-likeness (QED) is 0.368. The number of rotatable bonds is 6. The number of carbonyl (C=O) groups is 3. The van der Waals surface area contributed by atoms with Crippen LogP contribution in [0.15, 0.2) is 83.8 Å². The van der Waals surface area contributed by atoms with Crippen molar-refractivity contribution in [3.63, 3.8) is 0 Å². The van der Waals surface area contributed by atoms with Gasteiger partial charge in [0.05, 0.1) is 28.5 Å². The predicted molar refractivity (Wildman–Crippen MR) is 136 cm³/mol. The Kier molecular flexibility index (Phi) is 6.76. The lowest BCUT2D eigenvalue weighted by atomic mass is 10.0. The van der Waals surface area contributed by atoms with Crippen LogP contribution in [0.4, 0.5) is 11.4 Å². The Labute approximate surface area is 209 Å². The van der Waals surface area contributed by atoms with E-state index < -0.39 is 27.7 Å². The molecule has 0 fully saturated rings. The topological polar surface area (TPSA) is 101 Å². The summed E-state index contributed by atoms with van der Waals surface area (Å²) >= 11 is 0. The van der Waals surface area contributed by atoms with E-state index in [9.17, 15) is 22.8 Å². The zero-order valence-corrected chi connectivity index (χ0v) is 20.8. The molecule has 0 saturated heterocycles. The molecule has 0 aliphatic carbocycles. The summed E-state index contributed by atoms with van der Waals surface area (Å²) in [6.07, 6.45) is 0. The maximum Gasteiger partial charge on any atom is 0.270 e. The number of nitrogens with zero attached hydrogens (tertiary/aromatic N) is 2. The highest BCUT2D eigenvalue weighted by atomic mass is 32.2. The molecule has 184 valence electrons. The first kappa shape index (κ1) is 24.9. The fourth-order valence-corrected chi connectivity index (χ4v) is 5.58. The Bertz CT molecular complexity index is 1480. The van der Waals surface area contributed by atoms with Gasteiger partial charge in [0.2, 0.25) is 11.8 Å². The van der Waals surface area contributed by atoms with Crippen molar-refractivity contribution in [2.24, 2.45) is 0 Å². The average Bonchev–Trinajstić information content (AvgIpc) is 3.14. The number of hydrogen-bond donors (Lipinski definition) is 0. The monoisotopic (exact) mass is 504 g/mol. The van der Waals surface area contributed by atoms with Crippen molar-refractivity contribution < 1.29 is 27.5 Å². The Morgan fingerprint density at radius 1 is 0.917 bits per heavy atom. The number of imide groups is 1. The number of sulfonamides is 1. The predicted octanol–water partition coefficient (Wildman–Crippen LogP) is 4.23. The summed E-state index contributed by atoms with van der Waals surface area (Å²) in [5.74, 6) is -1.58. The molecule has 0 unspecified atom stereocenters. The van der Waals surface area contributed by atoms with Crippen LogP contribution in [0, 0.1) is 0 Å². The van der Waals surface area contributed by atoms with Gasteiger partial charge < -0.3 is 4.74 Å². The second-order valence-corrected chi connectivity index (χ2v) is 9.75. The first-order valence-corrected chi connectivity index (χ1v) is 12.6. The maximum atomic E-state index is 13.5. The summed E-state index contributed by atoms with van der Waals surface area (Å²) in [6.45, 7) is 4.43. The van der Waals surface area contributed by atoms with Crippen molar-refractivity contribution in [3.05, 3.63) is 90.0 Å². The highest BCUT2D eigenvalue weighted by Gasteiger charge is 2.39. The molecular weight excluding hydrogens is 480 g/mol. The summed E-state index contributed by atoms with van der Waals surface area (Å²) in [4.78, 5) is 39.5. The maximum absolute atomic E-state index is 13.5. The molecular formula is C27H24N2O6S. The molecule has 9 heteroatoms. The van der Waals surface area contributed by atoms with Crippen LogP contribution >= 0.6 is 0 Å². The number of anilines is 2. The van der Waals surface area contributed by atoms with E-state index in [1.54, 1.807) is 49.4 Å². The third-order valence-corrected chi connectivity index (χ3v) is 7.39. The minimum Gasteiger partial charge on any atom is -0.492 e. The Morgan fingerprint density at radius 3 is 2.08 bits per heavy atom. The summed E-state index contributed by atoms with van der Waals surface area (Å²) in [7, 11) is -4.24. The van der Waals surface area contributed by atoms with Gasteiger partial charge in [0.1, 0.15) is 5.76 Å². The molecule has 0 atom stereocenters. The van der Waals surface area contributed by atoms with Gasteiger partial charge in [-0.2, -0.15) is 0 Å². The van der Waals surface area contributed by atoms with Crippen LogP contribution < -0.4 is 9.21 Å². The molecule has 1 heterocycles. The Balaban J connectivity index is 1.98. The molecule has 1 aliphatic heterocycles. The SMILES string of the molecule is CCOC(=C1C(=O)N(C(C)=O)c2ccc(N(C(C)=O)S(=O)(=O)c3ccccc3)cc21)c1ccccc1. The highest BCUT2D eigenvalue weighted by Crippen LogP contribution is 2.43. The number of ether oxygens (including phenoxy) is 1. The van der Waals surface area contributed by atoms with Crippen molar-refractivity contribution in [3.8, 4) is 0 Å². The molecule has 8 nitrogen and oxygen atoms in total. The van der Waals surface area contributed by atoms with Crippen molar-refractivity contribution in [2.75, 3.05) is 15.8 Å². The van der Waals surface area contributed by atoms with E-state index in [-0.39, 0.29) is 39.8 Å². The average molecular weight is 505 g/mol. The van der Waals surface area contributed by atoms with Crippen molar-refractivity contribution in [1.82, 2.24) is 0 Å². The summed E-state index contributed by atoms with van der Waals surface area (Å²) in [6, 6.07) is 20.8. The molecule has 3 amide bonds. The number of benzene rings is 3. The second-order valence-electron chi connectivity index (χ2n) is 7.97. The van der Waals surface area contributed by atoms with Crippen LogP contribution in [-0.4, -0.2) is 32.7 Å². The largest absolute Gasteiger partial charge is 0.492 e. The molecule has 0 N–H and O–H groups in total. The van der Waals surface area contributed by atoms with Crippen LogP contribution in [0.2, 0.25) is 0 Å². The Morgan fingerprint density at radius 2 is 1.53 bits per heavy atom. The van der Waals surface area contributed by atoms with Gasteiger partial charge in [-0.05, 0) is 37.3 Å². The lowest BCUT2D eigenvalue weighted by Gasteiger charge is -2.22. The number of hydrogen-bond acceptors (Lipinski definition) is 6. The first-order valence-electron chi connectivity index (χ1n) is 11.2. The van der Waals surface area contributed by atoms with E-state index in [1.165, 1.54) is 37.3 Å². The van der Waals surface area contributed by atoms with Gasteiger partial charge >= 0.3 is 0 Å². The van der Waals surface area contributed by atoms with E-state index in [2.05, 4.69) is 0 Å². The van der Waals surface area contributed by atoms with E-state index in [0.29, 0.717) is 9.87 Å². The van der Waals surface area contributed by atoms with Gasteiger partial charge in [-0.15, -0.1) is 0 Å². The molecule has 3 aromatic rings. The van der Waals surface area contributed by atoms with Crippen molar-refractivity contribution >= 4 is 50.5 Å². The van der Waals surface area contributed by atoms with E-state index in [1.807, 2.05) is 6.07 Å². The Hall–Kier alpha value is -4.24. The van der Waals surface area contributed by atoms with Gasteiger partial charge in [-0.1, -0.05) is 48.5 Å². The third-order valence-electron chi connectivity index (χ3n) is 5.58. The van der Waals surface area contributed by atoms with Crippen molar-refractivity contribution in [2.45, 2.75) is 25.7 Å². The van der Waals surface area contributed by atoms with Crippen molar-refractivity contribution in [1.29, 1.82) is 0 Å². The highest BCUT2D eigenvalue weighted by molar-refractivity contribution is 7.93.